The van der Waals surface area contributed by atoms with E-state index in [2.05, 4.69) is 15.4 Å². The van der Waals surface area contributed by atoms with E-state index in [0.29, 0.717) is 5.02 Å². The van der Waals surface area contributed by atoms with E-state index in [0.717, 1.165) is 39.0 Å². The van der Waals surface area contributed by atoms with Crippen LogP contribution in [-0.4, -0.2) is 20.7 Å². The second-order valence-electron chi connectivity index (χ2n) is 5.97. The van der Waals surface area contributed by atoms with Crippen molar-refractivity contribution in [2.24, 2.45) is 0 Å². The molecule has 1 N–H and O–H groups in total. The van der Waals surface area contributed by atoms with Gasteiger partial charge < -0.3 is 5.32 Å². The molecule has 2 heterocycles. The largest absolute Gasteiger partial charge is 0.326 e. The van der Waals surface area contributed by atoms with E-state index < -0.39 is 0 Å². The number of hydrogen-bond acceptors (Lipinski definition) is 4. The number of halogens is 1. The average Bonchev–Trinajstić information content (AvgIpc) is 3.10. The molecule has 0 spiro atoms. The van der Waals surface area contributed by atoms with Crippen LogP contribution in [-0.2, 0) is 11.2 Å². The lowest BCUT2D eigenvalue weighted by molar-refractivity contribution is -0.115. The van der Waals surface area contributed by atoms with Crippen LogP contribution in [0, 0.1) is 27.7 Å². The van der Waals surface area contributed by atoms with Gasteiger partial charge in [-0.3, -0.25) is 4.79 Å². The highest BCUT2D eigenvalue weighted by Crippen LogP contribution is 2.24. The Morgan fingerprint density at radius 1 is 1.28 bits per heavy atom. The third kappa shape index (κ3) is 3.60. The van der Waals surface area contributed by atoms with E-state index in [-0.39, 0.29) is 12.3 Å². The zero-order valence-corrected chi connectivity index (χ0v) is 16.1. The predicted molar refractivity (Wildman–Crippen MR) is 102 cm³/mol. The number of anilines is 1. The van der Waals surface area contributed by atoms with E-state index in [9.17, 15) is 4.79 Å². The SMILES string of the molecule is Cc1csc(-n2nc(C)c(CC(=O)Nc3cccc(Cl)c3C)c2C)n1. The van der Waals surface area contributed by atoms with Gasteiger partial charge in [-0.1, -0.05) is 17.7 Å². The van der Waals surface area contributed by atoms with E-state index >= 15 is 0 Å². The highest BCUT2D eigenvalue weighted by atomic mass is 35.5. The van der Waals surface area contributed by atoms with Crippen molar-refractivity contribution in [1.29, 1.82) is 0 Å². The molecule has 0 aliphatic heterocycles. The quantitative estimate of drug-likeness (QED) is 0.736. The summed E-state index contributed by atoms with van der Waals surface area (Å²) in [4.78, 5) is 17.0. The highest BCUT2D eigenvalue weighted by Gasteiger charge is 2.18. The number of aromatic nitrogens is 3. The van der Waals surface area contributed by atoms with Gasteiger partial charge >= 0.3 is 0 Å². The van der Waals surface area contributed by atoms with Gasteiger partial charge in [0.05, 0.1) is 17.8 Å². The summed E-state index contributed by atoms with van der Waals surface area (Å²) in [6.07, 6.45) is 0.258. The van der Waals surface area contributed by atoms with Gasteiger partial charge in [-0.15, -0.1) is 11.3 Å². The summed E-state index contributed by atoms with van der Waals surface area (Å²) in [6, 6.07) is 5.48. The number of amides is 1. The molecule has 3 rings (SSSR count). The second kappa shape index (κ2) is 6.98. The Labute approximate surface area is 155 Å². The molecule has 1 amide bonds. The zero-order valence-electron chi connectivity index (χ0n) is 14.6. The lowest BCUT2D eigenvalue weighted by Crippen LogP contribution is -2.16. The van der Waals surface area contributed by atoms with Crippen LogP contribution in [0.15, 0.2) is 23.6 Å². The molecule has 0 saturated carbocycles. The minimum atomic E-state index is -0.0913. The molecule has 0 aliphatic carbocycles. The first-order valence-electron chi connectivity index (χ1n) is 7.89. The smallest absolute Gasteiger partial charge is 0.228 e. The molecule has 0 atom stereocenters. The van der Waals surface area contributed by atoms with Crippen LogP contribution in [0.2, 0.25) is 5.02 Å². The van der Waals surface area contributed by atoms with Crippen molar-refractivity contribution in [3.63, 3.8) is 0 Å². The Kier molecular flexibility index (Phi) is 4.92. The number of carbonyl (C=O) groups is 1. The molecule has 0 radical (unpaired) electrons. The maximum Gasteiger partial charge on any atom is 0.228 e. The van der Waals surface area contributed by atoms with E-state index in [1.807, 2.05) is 45.2 Å². The van der Waals surface area contributed by atoms with Crippen molar-refractivity contribution in [3.05, 3.63) is 56.8 Å². The summed E-state index contributed by atoms with van der Waals surface area (Å²) in [5, 5.41) is 10.9. The molecule has 1 aromatic carbocycles. The molecule has 7 heteroatoms. The maximum absolute atomic E-state index is 12.5. The number of hydrogen-bond donors (Lipinski definition) is 1. The van der Waals surface area contributed by atoms with Crippen molar-refractivity contribution >= 4 is 34.5 Å². The Morgan fingerprint density at radius 3 is 2.72 bits per heavy atom. The Hall–Kier alpha value is -2.18. The minimum absolute atomic E-state index is 0.0913. The van der Waals surface area contributed by atoms with Crippen molar-refractivity contribution < 1.29 is 4.79 Å². The summed E-state index contributed by atoms with van der Waals surface area (Å²) in [7, 11) is 0. The van der Waals surface area contributed by atoms with Crippen LogP contribution in [0.4, 0.5) is 5.69 Å². The molecule has 0 fully saturated rings. The Bertz CT molecular complexity index is 945. The van der Waals surface area contributed by atoms with Gasteiger partial charge in [-0.25, -0.2) is 9.67 Å². The first-order chi connectivity index (χ1) is 11.9. The summed E-state index contributed by atoms with van der Waals surface area (Å²) in [6.45, 7) is 7.71. The van der Waals surface area contributed by atoms with E-state index in [1.165, 1.54) is 11.3 Å². The molecule has 130 valence electrons. The third-order valence-corrected chi connectivity index (χ3v) is 5.45. The highest BCUT2D eigenvalue weighted by molar-refractivity contribution is 7.12. The fourth-order valence-corrected chi connectivity index (χ4v) is 3.63. The molecule has 0 aliphatic rings. The van der Waals surface area contributed by atoms with Crippen molar-refractivity contribution in [2.75, 3.05) is 5.32 Å². The van der Waals surface area contributed by atoms with Crippen molar-refractivity contribution in [1.82, 2.24) is 14.8 Å². The zero-order chi connectivity index (χ0) is 18.1. The van der Waals surface area contributed by atoms with Crippen molar-refractivity contribution in [2.45, 2.75) is 34.1 Å². The molecule has 0 unspecified atom stereocenters. The number of carbonyl (C=O) groups excluding carboxylic acids is 1. The molecule has 25 heavy (non-hydrogen) atoms. The van der Waals surface area contributed by atoms with Gasteiger partial charge in [0.15, 0.2) is 0 Å². The van der Waals surface area contributed by atoms with Gasteiger partial charge in [0, 0.05) is 27.3 Å². The topological polar surface area (TPSA) is 59.8 Å². The van der Waals surface area contributed by atoms with Crippen LogP contribution in [0.3, 0.4) is 0 Å². The Morgan fingerprint density at radius 2 is 2.04 bits per heavy atom. The van der Waals surface area contributed by atoms with E-state index in [1.54, 1.807) is 10.7 Å². The third-order valence-electron chi connectivity index (χ3n) is 4.11. The normalized spacial score (nSPS) is 10.9. The van der Waals surface area contributed by atoms with Crippen LogP contribution in [0.5, 0.6) is 0 Å². The van der Waals surface area contributed by atoms with E-state index in [4.69, 9.17) is 11.6 Å². The molecule has 0 saturated heterocycles. The van der Waals surface area contributed by atoms with Crippen molar-refractivity contribution in [3.8, 4) is 5.13 Å². The van der Waals surface area contributed by atoms with Crippen LogP contribution in [0.1, 0.15) is 28.2 Å². The summed E-state index contributed by atoms with van der Waals surface area (Å²) < 4.78 is 1.81. The number of nitrogens with one attached hydrogen (secondary N) is 1. The van der Waals surface area contributed by atoms with Crippen LogP contribution in [0.25, 0.3) is 5.13 Å². The number of thiazole rings is 1. The fourth-order valence-electron chi connectivity index (χ4n) is 2.65. The van der Waals surface area contributed by atoms with Gasteiger partial charge in [-0.05, 0) is 45.4 Å². The molecule has 5 nitrogen and oxygen atoms in total. The average molecular weight is 375 g/mol. The molecule has 0 bridgehead atoms. The second-order valence-corrected chi connectivity index (χ2v) is 7.21. The number of rotatable bonds is 4. The standard InChI is InChI=1S/C18H19ClN4OS/c1-10-9-25-18(20-10)23-13(4)14(12(3)22-23)8-17(24)21-16-7-5-6-15(19)11(16)2/h5-7,9H,8H2,1-4H3,(H,21,24). The summed E-state index contributed by atoms with van der Waals surface area (Å²) in [5.74, 6) is -0.0913. The summed E-state index contributed by atoms with van der Waals surface area (Å²) >= 11 is 7.65. The van der Waals surface area contributed by atoms with Gasteiger partial charge in [0.25, 0.3) is 0 Å². The fraction of sp³-hybridized carbons (Fsp3) is 0.278. The molecule has 2 aromatic heterocycles. The van der Waals surface area contributed by atoms with Gasteiger partial charge in [0.1, 0.15) is 0 Å². The number of benzene rings is 1. The molecular formula is C18H19ClN4OS. The lowest BCUT2D eigenvalue weighted by atomic mass is 10.1. The number of nitrogens with zero attached hydrogens (tertiary/aromatic N) is 3. The van der Waals surface area contributed by atoms with Gasteiger partial charge in [-0.2, -0.15) is 5.10 Å². The monoisotopic (exact) mass is 374 g/mol. The lowest BCUT2D eigenvalue weighted by Gasteiger charge is -2.09. The maximum atomic E-state index is 12.5. The predicted octanol–water partition coefficient (Wildman–Crippen LogP) is 4.40. The summed E-state index contributed by atoms with van der Waals surface area (Å²) in [5.41, 5.74) is 5.25. The molecular weight excluding hydrogens is 356 g/mol. The minimum Gasteiger partial charge on any atom is -0.326 e. The molecule has 3 aromatic rings. The number of aryl methyl sites for hydroxylation is 2. The first kappa shape index (κ1) is 17.6. The first-order valence-corrected chi connectivity index (χ1v) is 9.15. The van der Waals surface area contributed by atoms with Crippen LogP contribution < -0.4 is 5.32 Å². The van der Waals surface area contributed by atoms with Gasteiger partial charge in [0.2, 0.25) is 11.0 Å². The van der Waals surface area contributed by atoms with Crippen LogP contribution >= 0.6 is 22.9 Å². The Balaban J connectivity index is 1.82.